The molecule has 35 heavy (non-hydrogen) atoms. The minimum Gasteiger partial charge on any atom is -0.490 e. The van der Waals surface area contributed by atoms with Crippen molar-refractivity contribution in [3.63, 3.8) is 0 Å². The highest BCUT2D eigenvalue weighted by Gasteiger charge is 2.28. The van der Waals surface area contributed by atoms with E-state index in [0.29, 0.717) is 36.3 Å². The van der Waals surface area contributed by atoms with Crippen LogP contribution in [0.5, 0.6) is 17.2 Å². The van der Waals surface area contributed by atoms with Crippen LogP contribution < -0.4 is 25.0 Å². The van der Waals surface area contributed by atoms with Gasteiger partial charge in [-0.05, 0) is 62.5 Å². The maximum Gasteiger partial charge on any atom is 0.407 e. The molecule has 0 fully saturated rings. The molecular formula is C26H37N3O6. The maximum absolute atomic E-state index is 12.3. The Bertz CT molecular complexity index is 1010. The molecule has 192 valence electrons. The highest BCUT2D eigenvalue weighted by molar-refractivity contribution is 5.82. The number of amides is 2. The van der Waals surface area contributed by atoms with Gasteiger partial charge in [0.05, 0.1) is 19.7 Å². The molecule has 0 saturated carbocycles. The number of hydrazine groups is 1. The summed E-state index contributed by atoms with van der Waals surface area (Å²) in [6.07, 6.45) is 4.02. The lowest BCUT2D eigenvalue weighted by Gasteiger charge is -2.32. The van der Waals surface area contributed by atoms with E-state index in [4.69, 9.17) is 18.9 Å². The molecule has 0 spiro atoms. The van der Waals surface area contributed by atoms with Crippen LogP contribution in [0.1, 0.15) is 53.5 Å². The van der Waals surface area contributed by atoms with Crippen LogP contribution in [0.2, 0.25) is 0 Å². The number of methoxy groups -OCH3 is 1. The van der Waals surface area contributed by atoms with Crippen LogP contribution in [-0.2, 0) is 9.53 Å². The fourth-order valence-electron chi connectivity index (χ4n) is 4.06. The molecule has 0 aliphatic carbocycles. The Balaban J connectivity index is 1.78. The third kappa shape index (κ3) is 7.07. The van der Waals surface area contributed by atoms with Crippen molar-refractivity contribution in [2.24, 2.45) is 5.92 Å². The van der Waals surface area contributed by atoms with Crippen molar-refractivity contribution in [1.29, 1.82) is 0 Å². The number of ether oxygens (including phenoxy) is 4. The SMILES string of the molecule is COc1c(OC[C@H](CC(C)C)NC(=O)OC(C)(C)C)ccc2c1OCC1=C2CN(NC(C)=O)C=C1. The Morgan fingerprint density at radius 2 is 1.97 bits per heavy atom. The molecule has 0 unspecified atom stereocenters. The molecule has 0 saturated heterocycles. The number of benzene rings is 1. The summed E-state index contributed by atoms with van der Waals surface area (Å²) in [4.78, 5) is 23.8. The Morgan fingerprint density at radius 3 is 2.60 bits per heavy atom. The summed E-state index contributed by atoms with van der Waals surface area (Å²) in [5.74, 6) is 1.84. The number of hydrogen-bond acceptors (Lipinski definition) is 7. The van der Waals surface area contributed by atoms with Crippen LogP contribution in [0.15, 0.2) is 30.0 Å². The van der Waals surface area contributed by atoms with Gasteiger partial charge >= 0.3 is 6.09 Å². The van der Waals surface area contributed by atoms with Gasteiger partial charge in [-0.1, -0.05) is 13.8 Å². The summed E-state index contributed by atoms with van der Waals surface area (Å²) < 4.78 is 23.3. The van der Waals surface area contributed by atoms with Crippen molar-refractivity contribution in [1.82, 2.24) is 15.8 Å². The third-order valence-electron chi connectivity index (χ3n) is 5.37. The molecule has 1 atom stereocenters. The normalized spacial score (nSPS) is 15.6. The summed E-state index contributed by atoms with van der Waals surface area (Å²) in [5, 5.41) is 4.66. The van der Waals surface area contributed by atoms with Gasteiger partial charge in [0.2, 0.25) is 11.7 Å². The highest BCUT2D eigenvalue weighted by Crippen LogP contribution is 2.46. The lowest BCUT2D eigenvalue weighted by Crippen LogP contribution is -2.42. The monoisotopic (exact) mass is 487 g/mol. The lowest BCUT2D eigenvalue weighted by atomic mass is 9.94. The molecule has 2 amide bonds. The van der Waals surface area contributed by atoms with Gasteiger partial charge in [-0.15, -0.1) is 0 Å². The Labute approximate surface area is 207 Å². The second kappa shape index (κ2) is 10.9. The summed E-state index contributed by atoms with van der Waals surface area (Å²) >= 11 is 0. The molecule has 0 radical (unpaired) electrons. The number of fused-ring (bicyclic) bond motifs is 2. The van der Waals surface area contributed by atoms with E-state index in [1.54, 1.807) is 12.1 Å². The number of carbonyl (C=O) groups is 2. The van der Waals surface area contributed by atoms with E-state index in [9.17, 15) is 9.59 Å². The van der Waals surface area contributed by atoms with E-state index in [2.05, 4.69) is 24.6 Å². The predicted molar refractivity (Wildman–Crippen MR) is 133 cm³/mol. The first-order valence-electron chi connectivity index (χ1n) is 11.9. The van der Waals surface area contributed by atoms with E-state index in [1.807, 2.05) is 45.2 Å². The van der Waals surface area contributed by atoms with Gasteiger partial charge in [-0.25, -0.2) is 4.79 Å². The van der Waals surface area contributed by atoms with E-state index < -0.39 is 11.7 Å². The van der Waals surface area contributed by atoms with Crippen molar-refractivity contribution in [2.75, 3.05) is 26.9 Å². The maximum atomic E-state index is 12.3. The van der Waals surface area contributed by atoms with E-state index >= 15 is 0 Å². The summed E-state index contributed by atoms with van der Waals surface area (Å²) in [6, 6.07) is 3.54. The summed E-state index contributed by atoms with van der Waals surface area (Å²) in [5.41, 5.74) is 5.21. The van der Waals surface area contributed by atoms with Crippen molar-refractivity contribution in [3.8, 4) is 17.2 Å². The van der Waals surface area contributed by atoms with Gasteiger partial charge in [-0.3, -0.25) is 15.2 Å². The fourth-order valence-corrected chi connectivity index (χ4v) is 4.06. The van der Waals surface area contributed by atoms with E-state index in [0.717, 1.165) is 23.1 Å². The number of nitrogens with one attached hydrogen (secondary N) is 2. The summed E-state index contributed by atoms with van der Waals surface area (Å²) in [7, 11) is 1.57. The standard InChI is InChI=1S/C26H37N3O6/c1-16(2)12-19(27-25(31)35-26(4,5)6)15-33-22-9-8-20-21-13-29(28-17(3)30)11-10-18(21)14-34-23(20)24(22)32-7/h8-11,16,19H,12-15H2,1-7H3,(H,27,31)(H,28,30)/t19-/m0/s1. The smallest absolute Gasteiger partial charge is 0.407 e. The van der Waals surface area contributed by atoms with E-state index in [1.165, 1.54) is 6.92 Å². The molecule has 2 aliphatic rings. The van der Waals surface area contributed by atoms with Crippen molar-refractivity contribution in [3.05, 3.63) is 35.5 Å². The lowest BCUT2D eigenvalue weighted by molar-refractivity contribution is -0.122. The van der Waals surface area contributed by atoms with Crippen LogP contribution in [0, 0.1) is 5.92 Å². The summed E-state index contributed by atoms with van der Waals surface area (Å²) in [6.45, 7) is 12.3. The second-order valence-corrected chi connectivity index (χ2v) is 10.2. The zero-order valence-corrected chi connectivity index (χ0v) is 21.7. The zero-order valence-electron chi connectivity index (χ0n) is 21.7. The molecule has 9 heteroatoms. The van der Waals surface area contributed by atoms with Crippen LogP contribution in [0.3, 0.4) is 0 Å². The largest absolute Gasteiger partial charge is 0.490 e. The van der Waals surface area contributed by atoms with E-state index in [-0.39, 0.29) is 18.6 Å². The third-order valence-corrected chi connectivity index (χ3v) is 5.37. The number of alkyl carbamates (subject to hydrolysis) is 1. The number of nitrogens with zero attached hydrogens (tertiary/aromatic N) is 1. The van der Waals surface area contributed by atoms with Gasteiger partial charge in [0.25, 0.3) is 0 Å². The molecule has 3 rings (SSSR count). The Morgan fingerprint density at radius 1 is 1.23 bits per heavy atom. The minimum atomic E-state index is -0.580. The highest BCUT2D eigenvalue weighted by atomic mass is 16.6. The predicted octanol–water partition coefficient (Wildman–Crippen LogP) is 4.04. The van der Waals surface area contributed by atoms with Gasteiger partial charge < -0.3 is 24.3 Å². The first-order valence-corrected chi connectivity index (χ1v) is 11.9. The van der Waals surface area contributed by atoms with Gasteiger partial charge in [-0.2, -0.15) is 0 Å². The fraction of sp³-hybridized carbons (Fsp3) is 0.538. The van der Waals surface area contributed by atoms with Crippen molar-refractivity contribution >= 4 is 17.6 Å². The molecule has 0 aromatic heterocycles. The number of carbonyl (C=O) groups excluding carboxylic acids is 2. The van der Waals surface area contributed by atoms with Crippen molar-refractivity contribution < 1.29 is 28.5 Å². The number of hydrogen-bond donors (Lipinski definition) is 2. The molecular weight excluding hydrogens is 450 g/mol. The Hall–Kier alpha value is -3.36. The topological polar surface area (TPSA) is 98.4 Å². The first-order chi connectivity index (χ1) is 16.5. The van der Waals surface area contributed by atoms with Gasteiger partial charge in [0.15, 0.2) is 11.5 Å². The Kier molecular flexibility index (Phi) is 8.19. The molecule has 9 nitrogen and oxygen atoms in total. The zero-order chi connectivity index (χ0) is 25.8. The number of rotatable bonds is 8. The first kappa shape index (κ1) is 26.2. The molecule has 2 heterocycles. The molecule has 2 N–H and O–H groups in total. The van der Waals surface area contributed by atoms with Crippen molar-refractivity contribution in [2.45, 2.75) is 59.6 Å². The quantitative estimate of drug-likeness (QED) is 0.571. The van der Waals surface area contributed by atoms with Crippen LogP contribution in [0.25, 0.3) is 5.57 Å². The van der Waals surface area contributed by atoms with Gasteiger partial charge in [0, 0.05) is 18.7 Å². The second-order valence-electron chi connectivity index (χ2n) is 10.2. The van der Waals surface area contributed by atoms with Crippen LogP contribution >= 0.6 is 0 Å². The van der Waals surface area contributed by atoms with Crippen LogP contribution in [-0.4, -0.2) is 55.5 Å². The average Bonchev–Trinajstić information content (AvgIpc) is 2.74. The van der Waals surface area contributed by atoms with Crippen LogP contribution in [0.4, 0.5) is 4.79 Å². The average molecular weight is 488 g/mol. The molecule has 1 aromatic carbocycles. The molecule has 0 bridgehead atoms. The minimum absolute atomic E-state index is 0.136. The van der Waals surface area contributed by atoms with Gasteiger partial charge in [0.1, 0.15) is 18.8 Å². The molecule has 1 aromatic rings. The molecule has 2 aliphatic heterocycles.